The van der Waals surface area contributed by atoms with Crippen LogP contribution >= 0.6 is 79.6 Å². The minimum Gasteiger partial charge on any atom is -0.356 e. The first-order valence-corrected chi connectivity index (χ1v) is 39.8. The predicted molar refractivity (Wildman–Crippen MR) is 485 cm³/mol. The van der Waals surface area contributed by atoms with Crippen molar-refractivity contribution >= 4 is 185 Å². The Labute approximate surface area is 700 Å². The second-order valence-corrected chi connectivity index (χ2v) is 29.8. The van der Waals surface area contributed by atoms with Gasteiger partial charge in [0.05, 0.1) is 0 Å². The Morgan fingerprint density at radius 1 is 0.173 bits per heavy atom. The zero-order valence-corrected chi connectivity index (χ0v) is 70.6. The third-order valence-corrected chi connectivity index (χ3v) is 21.5. The molecule has 0 atom stereocenters. The van der Waals surface area contributed by atoms with Crippen LogP contribution in [0, 0.1) is 0 Å². The molecule has 0 aliphatic carbocycles. The first-order valence-electron chi connectivity index (χ1n) is 35.8. The van der Waals surface area contributed by atoms with Crippen molar-refractivity contribution in [2.24, 2.45) is 0 Å². The fourth-order valence-electron chi connectivity index (χ4n) is 13.5. The molecule has 0 radical (unpaired) electrons. The number of benzene rings is 18. The number of rotatable bonds is 13. The van der Waals surface area contributed by atoms with E-state index in [0.29, 0.717) is 0 Å². The van der Waals surface area contributed by atoms with E-state index in [2.05, 4.69) is 433 Å². The van der Waals surface area contributed by atoms with Crippen LogP contribution in [0.15, 0.2) is 459 Å². The smallest absolute Gasteiger partial charge is 0.0472 e. The minimum atomic E-state index is 0. The van der Waals surface area contributed by atoms with Crippen molar-refractivity contribution < 1.29 is 21.1 Å². The van der Waals surface area contributed by atoms with Gasteiger partial charge in [-0.2, -0.15) is 0 Å². The second-order valence-electron chi connectivity index (χ2n) is 25.5. The predicted octanol–water partition coefficient (Wildman–Crippen LogP) is 32.3. The molecule has 0 aromatic heterocycles. The number of anilines is 11. The standard InChI is InChI=1S/C50H36N2.C18H14BrN.C14H8Br2.C12H11N.C6H4Br2.W/c1-5-21-39(22-6-1)51(40-23-7-2-8-24-40)43-29-17-19-37(35-43)49-45-31-13-15-33-47(45)50(48-34-16-14-32-46(48)49)38-20-18-30-44(36-38)52(41-25-9-3-10-26-41)42-27-11-4-12-28-42;19-15-8-7-13-18(14-15)20(16-9-3-1-4-10-16)17-11-5-2-6-12-17;15-13-9-5-1-2-6-10(9)14(16)12-8-4-3-7-11(12)13;1-3-7-11(8-4-1)13-12-9-5-2-6-10-12;7-5-2-1-3-6(8)4-5;/h1-36H;1-14H;1-8H;1-10,13H;1-4H;. The van der Waals surface area contributed by atoms with E-state index in [0.717, 1.165) is 76.0 Å². The Hall–Kier alpha value is -10.7. The Morgan fingerprint density at radius 3 is 0.618 bits per heavy atom. The van der Waals surface area contributed by atoms with Gasteiger partial charge in [-0.25, -0.2) is 0 Å². The molecular weight excluding hydrogens is 1840 g/mol. The van der Waals surface area contributed by atoms with E-state index in [9.17, 15) is 0 Å². The van der Waals surface area contributed by atoms with Gasteiger partial charge in [0.1, 0.15) is 0 Å². The fraction of sp³-hybridized carbons (Fsp3) is 0. The van der Waals surface area contributed by atoms with Crippen LogP contribution in [0.5, 0.6) is 0 Å². The van der Waals surface area contributed by atoms with Crippen molar-refractivity contribution in [3.8, 4) is 22.3 Å². The number of para-hydroxylation sites is 8. The van der Waals surface area contributed by atoms with E-state index >= 15 is 0 Å². The Kier molecular flexibility index (Phi) is 27.2. The van der Waals surface area contributed by atoms with E-state index in [1.807, 2.05) is 103 Å². The molecule has 0 aliphatic rings. The molecule has 18 rings (SSSR count). The van der Waals surface area contributed by atoms with Crippen LogP contribution in [-0.4, -0.2) is 0 Å². The van der Waals surface area contributed by atoms with Gasteiger partial charge in [-0.3, -0.25) is 0 Å². The maximum atomic E-state index is 3.70. The van der Waals surface area contributed by atoms with Gasteiger partial charge in [-0.05, 0) is 255 Å². The molecule has 4 nitrogen and oxygen atoms in total. The molecule has 0 aliphatic heterocycles. The number of nitrogens with zero attached hydrogens (tertiary/aromatic N) is 3. The van der Waals surface area contributed by atoms with E-state index < -0.39 is 0 Å². The quantitative estimate of drug-likeness (QED) is 0.116. The van der Waals surface area contributed by atoms with E-state index in [1.165, 1.54) is 74.3 Å². The summed E-state index contributed by atoms with van der Waals surface area (Å²) in [5, 5.41) is 13.2. The third-order valence-electron chi connectivity index (χ3n) is 18.3. The summed E-state index contributed by atoms with van der Waals surface area (Å²) in [6.07, 6.45) is 0. The molecule has 0 saturated heterocycles. The summed E-state index contributed by atoms with van der Waals surface area (Å²) < 4.78 is 5.62. The topological polar surface area (TPSA) is 21.8 Å². The maximum Gasteiger partial charge on any atom is 0.0472 e. The van der Waals surface area contributed by atoms with Crippen LogP contribution in [0.3, 0.4) is 0 Å². The van der Waals surface area contributed by atoms with Gasteiger partial charge < -0.3 is 20.0 Å². The first kappa shape index (κ1) is 77.4. The summed E-state index contributed by atoms with van der Waals surface area (Å²) >= 11 is 17.6. The summed E-state index contributed by atoms with van der Waals surface area (Å²) in [6, 6.07) is 152. The first-order chi connectivity index (χ1) is 53.7. The summed E-state index contributed by atoms with van der Waals surface area (Å²) in [4.78, 5) is 6.91. The van der Waals surface area contributed by atoms with E-state index in [1.54, 1.807) is 0 Å². The molecule has 18 aromatic carbocycles. The average Bonchev–Trinajstić information content (AvgIpc) is 0.738. The van der Waals surface area contributed by atoms with Gasteiger partial charge in [0, 0.05) is 106 Å². The van der Waals surface area contributed by atoms with Gasteiger partial charge in [0.2, 0.25) is 0 Å². The molecule has 1 N–H and O–H groups in total. The summed E-state index contributed by atoms with van der Waals surface area (Å²) in [5.74, 6) is 0. The van der Waals surface area contributed by atoms with Crippen molar-refractivity contribution in [1.82, 2.24) is 0 Å². The van der Waals surface area contributed by atoms with Gasteiger partial charge in [-0.15, -0.1) is 0 Å². The van der Waals surface area contributed by atoms with Crippen LogP contribution < -0.4 is 20.0 Å². The number of nitrogens with one attached hydrogen (secondary N) is 1. The minimum absolute atomic E-state index is 0. The molecule has 110 heavy (non-hydrogen) atoms. The summed E-state index contributed by atoms with van der Waals surface area (Å²) in [6.45, 7) is 0. The summed E-state index contributed by atoms with van der Waals surface area (Å²) in [5.41, 5.74) is 17.2. The second kappa shape index (κ2) is 38.6. The van der Waals surface area contributed by atoms with Gasteiger partial charge in [0.15, 0.2) is 0 Å². The van der Waals surface area contributed by atoms with Crippen molar-refractivity contribution in [3.63, 3.8) is 0 Å². The van der Waals surface area contributed by atoms with Crippen molar-refractivity contribution in [1.29, 1.82) is 0 Å². The monoisotopic (exact) mass is 1910 g/mol. The Bertz CT molecular complexity index is 5440. The molecule has 534 valence electrons. The molecule has 0 heterocycles. The summed E-state index contributed by atoms with van der Waals surface area (Å²) in [7, 11) is 0. The molecule has 18 aromatic rings. The van der Waals surface area contributed by atoms with E-state index in [4.69, 9.17) is 0 Å². The van der Waals surface area contributed by atoms with Crippen molar-refractivity contribution in [3.05, 3.63) is 459 Å². The SMILES string of the molecule is Brc1c2ccccc2c(Br)c2ccccc12.Brc1cccc(Br)c1.Brc1cccc(N(c2ccccc2)c2ccccc2)c1.[W].c1ccc(N(c2ccccc2)c2cccc(-c3c4ccccc4c(-c4cccc(N(c5ccccc5)c5ccccc5)c4)c4ccccc34)c2)cc1.c1ccc(Nc2ccccc2)cc1. The van der Waals surface area contributed by atoms with Crippen LogP contribution in [0.2, 0.25) is 0 Å². The molecule has 0 amide bonds. The largest absolute Gasteiger partial charge is 0.356 e. The van der Waals surface area contributed by atoms with Gasteiger partial charge in [0.25, 0.3) is 0 Å². The normalized spacial score (nSPS) is 10.5. The Morgan fingerprint density at radius 2 is 0.373 bits per heavy atom. The fourth-order valence-corrected chi connectivity index (χ4v) is 16.3. The zero-order chi connectivity index (χ0) is 74.5. The zero-order valence-electron chi connectivity index (χ0n) is 59.7. The van der Waals surface area contributed by atoms with Gasteiger partial charge in [-0.1, -0.05) is 327 Å². The van der Waals surface area contributed by atoms with Crippen LogP contribution in [-0.2, 0) is 21.1 Å². The number of hydrogen-bond donors (Lipinski definition) is 1. The number of fused-ring (bicyclic) bond motifs is 4. The molecule has 0 fully saturated rings. The molecule has 0 bridgehead atoms. The number of hydrogen-bond acceptors (Lipinski definition) is 4. The molecule has 0 unspecified atom stereocenters. The van der Waals surface area contributed by atoms with Crippen LogP contribution in [0.4, 0.5) is 62.6 Å². The molecule has 0 saturated carbocycles. The van der Waals surface area contributed by atoms with Crippen molar-refractivity contribution in [2.75, 3.05) is 20.0 Å². The van der Waals surface area contributed by atoms with Gasteiger partial charge >= 0.3 is 0 Å². The van der Waals surface area contributed by atoms with E-state index in [-0.39, 0.29) is 21.1 Å². The molecule has 0 spiro atoms. The Balaban J connectivity index is 0.000000148. The van der Waals surface area contributed by atoms with Crippen LogP contribution in [0.25, 0.3) is 65.3 Å². The van der Waals surface area contributed by atoms with Crippen LogP contribution in [0.1, 0.15) is 0 Å². The third kappa shape index (κ3) is 19.1. The molecule has 10 heteroatoms. The average molecular weight is 1910 g/mol. The maximum absolute atomic E-state index is 3.70. The number of halogens is 5. The molecular formula is C100H73Br5N4W. The van der Waals surface area contributed by atoms with Crippen molar-refractivity contribution in [2.45, 2.75) is 0 Å².